The summed E-state index contributed by atoms with van der Waals surface area (Å²) in [7, 11) is 0. The Bertz CT molecular complexity index is 3280. The summed E-state index contributed by atoms with van der Waals surface area (Å²) in [5, 5.41) is 0. The summed E-state index contributed by atoms with van der Waals surface area (Å²) in [6.45, 7) is 37.7. The minimum Gasteiger partial charge on any atom is -0.330 e. The molecule has 4 aliphatic rings. The molecule has 3 aliphatic heterocycles. The first-order valence-corrected chi connectivity index (χ1v) is 26.1. The van der Waals surface area contributed by atoms with Crippen LogP contribution in [0.5, 0.6) is 0 Å². The van der Waals surface area contributed by atoms with Crippen molar-refractivity contribution in [2.45, 2.75) is 156 Å². The summed E-state index contributed by atoms with van der Waals surface area (Å²) in [5.41, 5.74) is 26.1. The van der Waals surface area contributed by atoms with E-state index in [4.69, 9.17) is 0 Å². The standard InChI is InChI=1S/C66H74BN3/c1-41-35-58-60-59(36-41)69(54-30-23-45(37-42(54)2)62(6,7)8)56-32-25-47(64(12,13)14)39-53(56)67(60)52-29-28-49(40-57(52)68(58)48-26-21-44(22-27-48)61(3,4)5)70-55-31-24-46(63(9,10)11)38-51(55)65(15)34-33-43-19-17-18-20-50(43)66(65,70)16/h17-32,35-40H,33-34H2,1-16H3. The van der Waals surface area contributed by atoms with Gasteiger partial charge in [-0.25, -0.2) is 0 Å². The summed E-state index contributed by atoms with van der Waals surface area (Å²) < 4.78 is 0. The molecule has 3 heterocycles. The Hall–Kier alpha value is -6.00. The number of nitrogens with zero attached hydrogens (tertiary/aromatic N) is 3. The van der Waals surface area contributed by atoms with Gasteiger partial charge in [0.15, 0.2) is 0 Å². The molecule has 11 rings (SSSR count). The fraction of sp³-hybridized carbons (Fsp3) is 0.364. The first kappa shape index (κ1) is 46.4. The zero-order valence-corrected chi connectivity index (χ0v) is 45.0. The summed E-state index contributed by atoms with van der Waals surface area (Å²) >= 11 is 0. The average molecular weight is 920 g/mol. The molecule has 0 N–H and O–H groups in total. The molecule has 0 amide bonds. The van der Waals surface area contributed by atoms with E-state index in [-0.39, 0.29) is 39.3 Å². The topological polar surface area (TPSA) is 9.72 Å². The number of fused-ring (bicyclic) bond motifs is 9. The number of hydrogen-bond donors (Lipinski definition) is 0. The minimum absolute atomic E-state index is 0.0129. The molecular formula is C66H74BN3. The zero-order valence-electron chi connectivity index (χ0n) is 45.0. The van der Waals surface area contributed by atoms with E-state index >= 15 is 0 Å². The lowest BCUT2D eigenvalue weighted by Gasteiger charge is -2.51. The molecule has 7 aromatic rings. The summed E-state index contributed by atoms with van der Waals surface area (Å²) in [4.78, 5) is 7.97. The van der Waals surface area contributed by atoms with Gasteiger partial charge in [0.05, 0.1) is 5.54 Å². The van der Waals surface area contributed by atoms with E-state index in [9.17, 15) is 0 Å². The van der Waals surface area contributed by atoms with Crippen molar-refractivity contribution in [3.05, 3.63) is 184 Å². The van der Waals surface area contributed by atoms with Crippen molar-refractivity contribution in [1.82, 2.24) is 0 Å². The third-order valence-electron chi connectivity index (χ3n) is 17.3. The van der Waals surface area contributed by atoms with E-state index in [2.05, 4.69) is 259 Å². The van der Waals surface area contributed by atoms with Gasteiger partial charge in [0.2, 0.25) is 0 Å². The van der Waals surface area contributed by atoms with Crippen molar-refractivity contribution >= 4 is 68.6 Å². The van der Waals surface area contributed by atoms with Crippen molar-refractivity contribution in [3.8, 4) is 0 Å². The molecule has 0 fully saturated rings. The Balaban J connectivity index is 1.21. The molecule has 0 radical (unpaired) electrons. The van der Waals surface area contributed by atoms with E-state index in [1.54, 1.807) is 0 Å². The molecule has 3 nitrogen and oxygen atoms in total. The average Bonchev–Trinajstić information content (AvgIpc) is 3.50. The fourth-order valence-electron chi connectivity index (χ4n) is 12.9. The van der Waals surface area contributed by atoms with Crippen LogP contribution >= 0.6 is 0 Å². The van der Waals surface area contributed by atoms with Gasteiger partial charge in [-0.3, -0.25) is 0 Å². The Labute approximate surface area is 421 Å². The van der Waals surface area contributed by atoms with E-state index in [0.29, 0.717) is 0 Å². The molecule has 1 aliphatic carbocycles. The second-order valence-electron chi connectivity index (χ2n) is 26.0. The van der Waals surface area contributed by atoms with Gasteiger partial charge in [0, 0.05) is 50.9 Å². The maximum absolute atomic E-state index is 2.75. The third kappa shape index (κ3) is 6.82. The molecule has 0 saturated heterocycles. The van der Waals surface area contributed by atoms with Crippen molar-refractivity contribution in [2.75, 3.05) is 14.7 Å². The highest BCUT2D eigenvalue weighted by Crippen LogP contribution is 2.64. The number of benzene rings is 7. The van der Waals surface area contributed by atoms with Crippen LogP contribution in [0.15, 0.2) is 133 Å². The number of anilines is 8. The highest BCUT2D eigenvalue weighted by molar-refractivity contribution is 7.00. The first-order valence-electron chi connectivity index (χ1n) is 26.1. The summed E-state index contributed by atoms with van der Waals surface area (Å²) in [5.74, 6) is 0. The molecule has 0 spiro atoms. The van der Waals surface area contributed by atoms with Crippen LogP contribution in [-0.4, -0.2) is 6.71 Å². The smallest absolute Gasteiger partial charge is 0.252 e. The summed E-state index contributed by atoms with van der Waals surface area (Å²) in [6, 6.07) is 53.2. The van der Waals surface area contributed by atoms with Crippen molar-refractivity contribution in [2.24, 2.45) is 0 Å². The van der Waals surface area contributed by atoms with Gasteiger partial charge in [-0.05, 0) is 176 Å². The van der Waals surface area contributed by atoms with Crippen LogP contribution in [0.4, 0.5) is 45.5 Å². The van der Waals surface area contributed by atoms with E-state index in [1.807, 2.05) is 0 Å². The van der Waals surface area contributed by atoms with Gasteiger partial charge in [-0.15, -0.1) is 0 Å². The lowest BCUT2D eigenvalue weighted by molar-refractivity contribution is 0.245. The van der Waals surface area contributed by atoms with Gasteiger partial charge in [-0.2, -0.15) is 0 Å². The molecule has 0 saturated carbocycles. The van der Waals surface area contributed by atoms with E-state index in [1.165, 1.54) is 112 Å². The van der Waals surface area contributed by atoms with Crippen molar-refractivity contribution < 1.29 is 0 Å². The van der Waals surface area contributed by atoms with Gasteiger partial charge in [0.1, 0.15) is 0 Å². The maximum Gasteiger partial charge on any atom is 0.252 e. The van der Waals surface area contributed by atoms with Crippen LogP contribution in [-0.2, 0) is 39.0 Å². The highest BCUT2D eigenvalue weighted by atomic mass is 15.3. The molecule has 0 bridgehead atoms. The van der Waals surface area contributed by atoms with Gasteiger partial charge >= 0.3 is 0 Å². The monoisotopic (exact) mass is 920 g/mol. The second-order valence-corrected chi connectivity index (χ2v) is 26.0. The zero-order chi connectivity index (χ0) is 49.8. The molecule has 7 aromatic carbocycles. The Morgan fingerprint density at radius 1 is 0.443 bits per heavy atom. The Morgan fingerprint density at radius 2 is 0.986 bits per heavy atom. The van der Waals surface area contributed by atoms with Gasteiger partial charge < -0.3 is 14.7 Å². The predicted molar refractivity (Wildman–Crippen MR) is 303 cm³/mol. The predicted octanol–water partition coefficient (Wildman–Crippen LogP) is 15.8. The largest absolute Gasteiger partial charge is 0.330 e. The quantitative estimate of drug-likeness (QED) is 0.164. The Kier molecular flexibility index (Phi) is 10.1. The molecule has 0 aromatic heterocycles. The number of hydrogen-bond acceptors (Lipinski definition) is 3. The number of aryl methyl sites for hydroxylation is 3. The van der Waals surface area contributed by atoms with Crippen LogP contribution in [0, 0.1) is 13.8 Å². The van der Waals surface area contributed by atoms with Gasteiger partial charge in [-0.1, -0.05) is 169 Å². The first-order chi connectivity index (χ1) is 32.8. The highest BCUT2D eigenvalue weighted by Gasteiger charge is 2.60. The molecular weight excluding hydrogens is 846 g/mol. The number of rotatable bonds is 3. The normalized spacial score (nSPS) is 19.3. The molecule has 356 valence electrons. The SMILES string of the molecule is Cc1cc2c3c(c1)N(c1ccc(C(C)(C)C)cc1C)c1ccc(C(C)(C)C)cc1B3c1ccc(N3c4ccc(C(C)(C)C)cc4C4(C)CCc5ccccc5C34C)cc1N2c1ccc(C(C)(C)C)cc1. The van der Waals surface area contributed by atoms with Crippen LogP contribution < -0.4 is 31.1 Å². The lowest BCUT2D eigenvalue weighted by atomic mass is 9.33. The third-order valence-corrected chi connectivity index (χ3v) is 17.3. The molecule has 2 unspecified atom stereocenters. The van der Waals surface area contributed by atoms with E-state index < -0.39 is 0 Å². The fourth-order valence-corrected chi connectivity index (χ4v) is 12.9. The summed E-state index contributed by atoms with van der Waals surface area (Å²) in [6.07, 6.45) is 2.17. The van der Waals surface area contributed by atoms with Gasteiger partial charge in [0.25, 0.3) is 6.71 Å². The van der Waals surface area contributed by atoms with Crippen LogP contribution in [0.1, 0.15) is 153 Å². The molecule has 2 atom stereocenters. The Morgan fingerprint density at radius 3 is 1.61 bits per heavy atom. The van der Waals surface area contributed by atoms with Crippen LogP contribution in [0.25, 0.3) is 0 Å². The lowest BCUT2D eigenvalue weighted by Crippen LogP contribution is -2.61. The molecule has 4 heteroatoms. The second kappa shape index (κ2) is 15.3. The maximum atomic E-state index is 2.75. The van der Waals surface area contributed by atoms with Crippen LogP contribution in [0.3, 0.4) is 0 Å². The minimum atomic E-state index is -0.329. The van der Waals surface area contributed by atoms with Crippen molar-refractivity contribution in [3.63, 3.8) is 0 Å². The van der Waals surface area contributed by atoms with E-state index in [0.717, 1.165) is 12.8 Å². The van der Waals surface area contributed by atoms with Crippen LogP contribution in [0.2, 0.25) is 0 Å². The van der Waals surface area contributed by atoms with Crippen molar-refractivity contribution in [1.29, 1.82) is 0 Å². The molecule has 70 heavy (non-hydrogen) atoms.